The second-order valence-corrected chi connectivity index (χ2v) is 4.36. The summed E-state index contributed by atoms with van der Waals surface area (Å²) >= 11 is 5.85. The number of halogens is 1. The Bertz CT molecular complexity index is 301. The monoisotopic (exact) mass is 227 g/mol. The summed E-state index contributed by atoms with van der Waals surface area (Å²) in [6.07, 6.45) is 0. The van der Waals surface area contributed by atoms with Crippen LogP contribution in [0.5, 0.6) is 5.75 Å². The van der Waals surface area contributed by atoms with Crippen molar-refractivity contribution in [1.29, 1.82) is 0 Å². The largest absolute Gasteiger partial charge is 0.508 e. The molecule has 15 heavy (non-hydrogen) atoms. The van der Waals surface area contributed by atoms with Gasteiger partial charge in [-0.15, -0.1) is 11.6 Å². The fourth-order valence-corrected chi connectivity index (χ4v) is 1.85. The maximum absolute atomic E-state index is 9.29. The molecule has 1 rings (SSSR count). The van der Waals surface area contributed by atoms with Gasteiger partial charge >= 0.3 is 0 Å². The molecule has 0 amide bonds. The zero-order valence-corrected chi connectivity index (χ0v) is 9.96. The van der Waals surface area contributed by atoms with E-state index in [9.17, 15) is 5.11 Å². The fraction of sp³-hybridized carbons (Fsp3) is 0.500. The molecule has 0 bridgehead atoms. The van der Waals surface area contributed by atoms with E-state index < -0.39 is 0 Å². The van der Waals surface area contributed by atoms with Crippen LogP contribution in [0.1, 0.15) is 19.4 Å². The van der Waals surface area contributed by atoms with Gasteiger partial charge in [0.25, 0.3) is 0 Å². The second-order valence-electron chi connectivity index (χ2n) is 4.06. The van der Waals surface area contributed by atoms with E-state index in [0.29, 0.717) is 23.6 Å². The molecule has 1 unspecified atom stereocenters. The first kappa shape index (κ1) is 12.3. The summed E-state index contributed by atoms with van der Waals surface area (Å²) in [5, 5.41) is 12.7. The standard InChI is InChI=1S/C12H18ClNO/c1-9(2)12(7-13)14-8-10-4-3-5-11(15)6-10/h3-6,9,12,14-15H,7-8H2,1-2H3. The lowest BCUT2D eigenvalue weighted by molar-refractivity contribution is 0.429. The van der Waals surface area contributed by atoms with Crippen molar-refractivity contribution in [3.05, 3.63) is 29.8 Å². The van der Waals surface area contributed by atoms with E-state index in [1.165, 1.54) is 0 Å². The van der Waals surface area contributed by atoms with Crippen molar-refractivity contribution in [3.63, 3.8) is 0 Å². The summed E-state index contributed by atoms with van der Waals surface area (Å²) in [4.78, 5) is 0. The number of hydrogen-bond donors (Lipinski definition) is 2. The molecule has 0 aliphatic heterocycles. The highest BCUT2D eigenvalue weighted by Gasteiger charge is 2.10. The summed E-state index contributed by atoms with van der Waals surface area (Å²) in [5.41, 5.74) is 1.07. The normalized spacial score (nSPS) is 13.1. The highest BCUT2D eigenvalue weighted by Crippen LogP contribution is 2.11. The van der Waals surface area contributed by atoms with Gasteiger partial charge in [-0.1, -0.05) is 26.0 Å². The molecule has 0 spiro atoms. The van der Waals surface area contributed by atoms with Gasteiger partial charge in [-0.25, -0.2) is 0 Å². The maximum atomic E-state index is 9.29. The zero-order chi connectivity index (χ0) is 11.3. The Morgan fingerprint density at radius 3 is 2.67 bits per heavy atom. The molecular formula is C12H18ClNO. The molecule has 0 aromatic heterocycles. The van der Waals surface area contributed by atoms with Gasteiger partial charge in [-0.3, -0.25) is 0 Å². The smallest absolute Gasteiger partial charge is 0.115 e. The Balaban J connectivity index is 2.49. The van der Waals surface area contributed by atoms with Gasteiger partial charge in [0.2, 0.25) is 0 Å². The van der Waals surface area contributed by atoms with Crippen molar-refractivity contribution in [2.24, 2.45) is 5.92 Å². The molecule has 1 aromatic carbocycles. The predicted molar refractivity (Wildman–Crippen MR) is 64.3 cm³/mol. The first-order chi connectivity index (χ1) is 7.13. The van der Waals surface area contributed by atoms with E-state index >= 15 is 0 Å². The molecule has 1 atom stereocenters. The number of aromatic hydroxyl groups is 1. The van der Waals surface area contributed by atoms with Crippen molar-refractivity contribution >= 4 is 11.6 Å². The third kappa shape index (κ3) is 4.10. The molecule has 0 fully saturated rings. The minimum Gasteiger partial charge on any atom is -0.508 e. The van der Waals surface area contributed by atoms with Crippen LogP contribution in [0.3, 0.4) is 0 Å². The summed E-state index contributed by atoms with van der Waals surface area (Å²) in [5.74, 6) is 1.43. The quantitative estimate of drug-likeness (QED) is 0.759. The van der Waals surface area contributed by atoms with Crippen molar-refractivity contribution in [1.82, 2.24) is 5.32 Å². The van der Waals surface area contributed by atoms with Crippen molar-refractivity contribution in [3.8, 4) is 5.75 Å². The van der Waals surface area contributed by atoms with Gasteiger partial charge in [0.1, 0.15) is 5.75 Å². The van der Waals surface area contributed by atoms with Gasteiger partial charge in [-0.2, -0.15) is 0 Å². The Morgan fingerprint density at radius 2 is 2.13 bits per heavy atom. The minimum atomic E-state index is 0.307. The molecular weight excluding hydrogens is 210 g/mol. The lowest BCUT2D eigenvalue weighted by atomic mass is 10.1. The lowest BCUT2D eigenvalue weighted by Crippen LogP contribution is -2.34. The van der Waals surface area contributed by atoms with Crippen molar-refractivity contribution in [2.45, 2.75) is 26.4 Å². The van der Waals surface area contributed by atoms with Crippen LogP contribution in [0.15, 0.2) is 24.3 Å². The Morgan fingerprint density at radius 1 is 1.40 bits per heavy atom. The number of rotatable bonds is 5. The van der Waals surface area contributed by atoms with Crippen LogP contribution in [0, 0.1) is 5.92 Å². The number of phenols is 1. The summed E-state index contributed by atoms with van der Waals surface area (Å²) < 4.78 is 0. The molecule has 0 aliphatic carbocycles. The van der Waals surface area contributed by atoms with Crippen LogP contribution in [0.25, 0.3) is 0 Å². The van der Waals surface area contributed by atoms with Gasteiger partial charge < -0.3 is 10.4 Å². The van der Waals surface area contributed by atoms with E-state index in [1.54, 1.807) is 12.1 Å². The molecule has 0 radical (unpaired) electrons. The number of nitrogens with one attached hydrogen (secondary N) is 1. The van der Waals surface area contributed by atoms with Crippen LogP contribution in [-0.2, 0) is 6.54 Å². The first-order valence-corrected chi connectivity index (χ1v) is 5.74. The molecule has 0 aliphatic rings. The average molecular weight is 228 g/mol. The summed E-state index contributed by atoms with van der Waals surface area (Å²) in [7, 11) is 0. The topological polar surface area (TPSA) is 32.3 Å². The molecule has 3 heteroatoms. The molecule has 0 heterocycles. The minimum absolute atomic E-state index is 0.307. The average Bonchev–Trinajstić information content (AvgIpc) is 2.18. The highest BCUT2D eigenvalue weighted by atomic mass is 35.5. The van der Waals surface area contributed by atoms with E-state index in [4.69, 9.17) is 11.6 Å². The Hall–Kier alpha value is -0.730. The number of benzene rings is 1. The third-order valence-electron chi connectivity index (χ3n) is 2.45. The number of alkyl halides is 1. The Labute approximate surface area is 96.3 Å². The van der Waals surface area contributed by atoms with Gasteiger partial charge in [0.15, 0.2) is 0 Å². The van der Waals surface area contributed by atoms with Crippen LogP contribution in [-0.4, -0.2) is 17.0 Å². The fourth-order valence-electron chi connectivity index (χ4n) is 1.38. The van der Waals surface area contributed by atoms with E-state index in [-0.39, 0.29) is 0 Å². The first-order valence-electron chi connectivity index (χ1n) is 5.20. The highest BCUT2D eigenvalue weighted by molar-refractivity contribution is 6.18. The number of phenolic OH excluding ortho intramolecular Hbond substituents is 1. The summed E-state index contributed by atoms with van der Waals surface area (Å²) in [6, 6.07) is 7.58. The molecule has 2 N–H and O–H groups in total. The van der Waals surface area contributed by atoms with Crippen molar-refractivity contribution < 1.29 is 5.11 Å². The SMILES string of the molecule is CC(C)C(CCl)NCc1cccc(O)c1. The van der Waals surface area contributed by atoms with E-state index in [0.717, 1.165) is 12.1 Å². The van der Waals surface area contributed by atoms with Gasteiger partial charge in [-0.05, 0) is 23.6 Å². The predicted octanol–water partition coefficient (Wildman–Crippen LogP) is 2.75. The Kier molecular flexibility index (Phi) is 4.92. The van der Waals surface area contributed by atoms with Crippen LogP contribution >= 0.6 is 11.6 Å². The van der Waals surface area contributed by atoms with Crippen LogP contribution < -0.4 is 5.32 Å². The molecule has 84 valence electrons. The van der Waals surface area contributed by atoms with Crippen LogP contribution in [0.4, 0.5) is 0 Å². The van der Waals surface area contributed by atoms with Gasteiger partial charge in [0, 0.05) is 18.5 Å². The van der Waals surface area contributed by atoms with Crippen LogP contribution in [0.2, 0.25) is 0 Å². The zero-order valence-electron chi connectivity index (χ0n) is 9.20. The molecule has 1 aromatic rings. The molecule has 0 saturated heterocycles. The summed E-state index contributed by atoms with van der Waals surface area (Å²) in [6.45, 7) is 5.02. The van der Waals surface area contributed by atoms with E-state index in [1.807, 2.05) is 12.1 Å². The van der Waals surface area contributed by atoms with Crippen molar-refractivity contribution in [2.75, 3.05) is 5.88 Å². The van der Waals surface area contributed by atoms with E-state index in [2.05, 4.69) is 19.2 Å². The van der Waals surface area contributed by atoms with Gasteiger partial charge in [0.05, 0.1) is 0 Å². The molecule has 0 saturated carbocycles. The molecule has 2 nitrogen and oxygen atoms in total. The lowest BCUT2D eigenvalue weighted by Gasteiger charge is -2.19. The number of hydrogen-bond acceptors (Lipinski definition) is 2. The second kappa shape index (κ2) is 5.99. The maximum Gasteiger partial charge on any atom is 0.115 e. The third-order valence-corrected chi connectivity index (χ3v) is 2.78.